The minimum absolute atomic E-state index is 0.207. The van der Waals surface area contributed by atoms with Crippen molar-refractivity contribution in [2.75, 3.05) is 13.7 Å². The summed E-state index contributed by atoms with van der Waals surface area (Å²) in [4.78, 5) is 0. The van der Waals surface area contributed by atoms with E-state index in [1.54, 1.807) is 7.11 Å². The second-order valence-electron chi connectivity index (χ2n) is 3.75. The van der Waals surface area contributed by atoms with Crippen molar-refractivity contribution in [2.45, 2.75) is 33.2 Å². The molecule has 0 aliphatic carbocycles. The Bertz CT molecular complexity index is 85.7. The highest BCUT2D eigenvalue weighted by atomic mass is 16.5. The third-order valence-corrected chi connectivity index (χ3v) is 1.75. The predicted octanol–water partition coefficient (Wildman–Crippen LogP) is 1.40. The Morgan fingerprint density at radius 3 is 2.20 bits per heavy atom. The summed E-state index contributed by atoms with van der Waals surface area (Å²) < 4.78 is 4.93. The predicted molar refractivity (Wildman–Crippen MR) is 43.9 cm³/mol. The van der Waals surface area contributed by atoms with Crippen LogP contribution in [-0.2, 0) is 4.74 Å². The second-order valence-corrected chi connectivity index (χ2v) is 3.75. The van der Waals surface area contributed by atoms with Gasteiger partial charge in [0.1, 0.15) is 0 Å². The Kier molecular flexibility index (Phi) is 3.91. The quantitative estimate of drug-likeness (QED) is 0.651. The van der Waals surface area contributed by atoms with E-state index in [9.17, 15) is 0 Å². The summed E-state index contributed by atoms with van der Waals surface area (Å²) in [7, 11) is 1.70. The first kappa shape index (κ1) is 9.92. The Morgan fingerprint density at radius 2 is 1.90 bits per heavy atom. The van der Waals surface area contributed by atoms with E-state index in [4.69, 9.17) is 10.5 Å². The number of hydrogen-bond donors (Lipinski definition) is 1. The van der Waals surface area contributed by atoms with Crippen LogP contribution in [-0.4, -0.2) is 19.8 Å². The van der Waals surface area contributed by atoms with Crippen molar-refractivity contribution in [3.8, 4) is 0 Å². The van der Waals surface area contributed by atoms with Gasteiger partial charge in [0.2, 0.25) is 0 Å². The van der Waals surface area contributed by atoms with E-state index in [0.29, 0.717) is 0 Å². The monoisotopic (exact) mass is 145 g/mol. The van der Waals surface area contributed by atoms with Crippen molar-refractivity contribution in [1.29, 1.82) is 0 Å². The largest absolute Gasteiger partial charge is 0.385 e. The molecule has 0 aliphatic rings. The minimum atomic E-state index is 0.207. The minimum Gasteiger partial charge on any atom is -0.385 e. The molecule has 0 fully saturated rings. The van der Waals surface area contributed by atoms with Crippen LogP contribution in [0.25, 0.3) is 0 Å². The average molecular weight is 145 g/mol. The second kappa shape index (κ2) is 3.94. The number of hydrogen-bond acceptors (Lipinski definition) is 2. The van der Waals surface area contributed by atoms with Gasteiger partial charge in [0, 0.05) is 19.8 Å². The Balaban J connectivity index is 3.52. The molecule has 0 aromatic carbocycles. The summed E-state index contributed by atoms with van der Waals surface area (Å²) in [5.74, 6) is 0. The summed E-state index contributed by atoms with van der Waals surface area (Å²) in [6.45, 7) is 7.20. The van der Waals surface area contributed by atoms with E-state index >= 15 is 0 Å². The van der Waals surface area contributed by atoms with Crippen molar-refractivity contribution < 1.29 is 4.74 Å². The van der Waals surface area contributed by atoms with Crippen molar-refractivity contribution in [3.63, 3.8) is 0 Å². The first-order valence-corrected chi connectivity index (χ1v) is 3.73. The van der Waals surface area contributed by atoms with E-state index in [-0.39, 0.29) is 11.5 Å². The van der Waals surface area contributed by atoms with Crippen LogP contribution in [0.3, 0.4) is 0 Å². The van der Waals surface area contributed by atoms with E-state index < -0.39 is 0 Å². The van der Waals surface area contributed by atoms with Crippen LogP contribution < -0.4 is 5.73 Å². The number of nitrogens with two attached hydrogens (primary N) is 1. The fourth-order valence-corrected chi connectivity index (χ4v) is 0.678. The highest BCUT2D eigenvalue weighted by molar-refractivity contribution is 4.76. The van der Waals surface area contributed by atoms with Crippen LogP contribution in [0.5, 0.6) is 0 Å². The molecule has 0 heterocycles. The maximum absolute atomic E-state index is 5.86. The lowest BCUT2D eigenvalue weighted by Gasteiger charge is -2.26. The van der Waals surface area contributed by atoms with Gasteiger partial charge in [-0.05, 0) is 11.8 Å². The molecule has 0 aromatic rings. The van der Waals surface area contributed by atoms with Crippen molar-refractivity contribution in [3.05, 3.63) is 0 Å². The summed E-state index contributed by atoms with van der Waals surface area (Å²) in [5.41, 5.74) is 6.06. The van der Waals surface area contributed by atoms with Crippen LogP contribution in [0.1, 0.15) is 27.2 Å². The van der Waals surface area contributed by atoms with Crippen LogP contribution >= 0.6 is 0 Å². The summed E-state index contributed by atoms with van der Waals surface area (Å²) in [6, 6.07) is 0.243. The van der Waals surface area contributed by atoms with Gasteiger partial charge in [-0.3, -0.25) is 0 Å². The maximum atomic E-state index is 5.86. The lowest BCUT2D eigenvalue weighted by Crippen LogP contribution is -2.35. The van der Waals surface area contributed by atoms with Crippen molar-refractivity contribution >= 4 is 0 Å². The lowest BCUT2D eigenvalue weighted by molar-refractivity contribution is 0.166. The lowest BCUT2D eigenvalue weighted by atomic mass is 9.86. The van der Waals surface area contributed by atoms with Gasteiger partial charge in [-0.15, -0.1) is 0 Å². The zero-order chi connectivity index (χ0) is 8.20. The molecule has 0 unspecified atom stereocenters. The molecule has 0 radical (unpaired) electrons. The molecule has 0 amide bonds. The normalized spacial score (nSPS) is 15.3. The van der Waals surface area contributed by atoms with E-state index in [2.05, 4.69) is 20.8 Å². The van der Waals surface area contributed by atoms with Gasteiger partial charge in [-0.25, -0.2) is 0 Å². The maximum Gasteiger partial charge on any atom is 0.0477 e. The molecule has 62 valence electrons. The Morgan fingerprint density at radius 1 is 1.40 bits per heavy atom. The SMILES string of the molecule is COCC[C@H](N)C(C)(C)C. The molecule has 2 nitrogen and oxygen atoms in total. The highest BCUT2D eigenvalue weighted by Gasteiger charge is 2.19. The molecular weight excluding hydrogens is 126 g/mol. The van der Waals surface area contributed by atoms with Crippen LogP contribution in [0, 0.1) is 5.41 Å². The molecule has 0 saturated carbocycles. The summed E-state index contributed by atoms with van der Waals surface area (Å²) >= 11 is 0. The standard InChI is InChI=1S/C8H19NO/c1-8(2,3)7(9)5-6-10-4/h7H,5-6,9H2,1-4H3/t7-/m0/s1. The number of rotatable bonds is 3. The van der Waals surface area contributed by atoms with E-state index in [1.807, 2.05) is 0 Å². The van der Waals surface area contributed by atoms with Gasteiger partial charge in [-0.2, -0.15) is 0 Å². The van der Waals surface area contributed by atoms with Crippen LogP contribution in [0.2, 0.25) is 0 Å². The smallest absolute Gasteiger partial charge is 0.0477 e. The van der Waals surface area contributed by atoms with Crippen LogP contribution in [0.4, 0.5) is 0 Å². The zero-order valence-corrected chi connectivity index (χ0v) is 7.48. The topological polar surface area (TPSA) is 35.2 Å². The fraction of sp³-hybridized carbons (Fsp3) is 1.00. The van der Waals surface area contributed by atoms with Gasteiger partial charge in [0.05, 0.1) is 0 Å². The fourth-order valence-electron chi connectivity index (χ4n) is 0.678. The van der Waals surface area contributed by atoms with E-state index in [0.717, 1.165) is 13.0 Å². The van der Waals surface area contributed by atoms with Gasteiger partial charge >= 0.3 is 0 Å². The summed E-state index contributed by atoms with van der Waals surface area (Å²) in [5, 5.41) is 0. The first-order valence-electron chi connectivity index (χ1n) is 3.73. The molecule has 0 aliphatic heterocycles. The molecule has 0 bridgehead atoms. The molecule has 0 rings (SSSR count). The van der Waals surface area contributed by atoms with Gasteiger partial charge < -0.3 is 10.5 Å². The zero-order valence-electron chi connectivity index (χ0n) is 7.48. The highest BCUT2D eigenvalue weighted by Crippen LogP contribution is 2.19. The number of methoxy groups -OCH3 is 1. The third kappa shape index (κ3) is 3.85. The molecule has 2 N–H and O–H groups in total. The van der Waals surface area contributed by atoms with E-state index in [1.165, 1.54) is 0 Å². The van der Waals surface area contributed by atoms with Gasteiger partial charge in [-0.1, -0.05) is 20.8 Å². The molecule has 10 heavy (non-hydrogen) atoms. The molecule has 0 aromatic heterocycles. The molecular formula is C8H19NO. The Labute approximate surface area is 63.7 Å². The van der Waals surface area contributed by atoms with Crippen molar-refractivity contribution in [1.82, 2.24) is 0 Å². The Hall–Kier alpha value is -0.0800. The van der Waals surface area contributed by atoms with Gasteiger partial charge in [0.15, 0.2) is 0 Å². The van der Waals surface area contributed by atoms with Crippen molar-refractivity contribution in [2.24, 2.45) is 11.1 Å². The molecule has 0 spiro atoms. The first-order chi connectivity index (χ1) is 4.48. The third-order valence-electron chi connectivity index (χ3n) is 1.75. The number of ether oxygens (including phenoxy) is 1. The summed E-state index contributed by atoms with van der Waals surface area (Å²) in [6.07, 6.45) is 0.944. The molecule has 0 saturated heterocycles. The van der Waals surface area contributed by atoms with Crippen LogP contribution in [0.15, 0.2) is 0 Å². The molecule has 1 atom stereocenters. The average Bonchev–Trinajstić information content (AvgIpc) is 1.80. The molecule has 2 heteroatoms. The van der Waals surface area contributed by atoms with Gasteiger partial charge in [0.25, 0.3) is 0 Å².